The normalized spacial score (nSPS) is 17.0. The molecule has 0 bridgehead atoms. The van der Waals surface area contributed by atoms with Crippen molar-refractivity contribution in [3.8, 4) is 6.07 Å². The molecule has 0 unspecified atom stereocenters. The number of piperidine rings is 1. The molecule has 2 heterocycles. The van der Waals surface area contributed by atoms with E-state index in [-0.39, 0.29) is 0 Å². The number of rotatable bonds is 3. The first-order chi connectivity index (χ1) is 13.2. The molecule has 138 valence electrons. The largest absolute Gasteiger partial charge is 0.477 e. The zero-order valence-electron chi connectivity index (χ0n) is 15.2. The molecule has 0 saturated carbocycles. The zero-order valence-corrected chi connectivity index (χ0v) is 16.0. The van der Waals surface area contributed by atoms with E-state index in [2.05, 4.69) is 35.2 Å². The van der Waals surface area contributed by atoms with Crippen molar-refractivity contribution in [2.75, 3.05) is 19.6 Å². The topological polar surface area (TPSA) is 64.3 Å². The van der Waals surface area contributed by atoms with Crippen LogP contribution in [0.4, 0.5) is 0 Å². The van der Waals surface area contributed by atoms with Crippen molar-refractivity contribution in [3.05, 3.63) is 62.3 Å². The van der Waals surface area contributed by atoms with Crippen LogP contribution in [-0.4, -0.2) is 35.6 Å². The molecule has 1 N–H and O–H groups in total. The minimum atomic E-state index is -0.836. The van der Waals surface area contributed by atoms with Crippen molar-refractivity contribution in [2.45, 2.75) is 32.1 Å². The number of thiophene rings is 1. The highest BCUT2D eigenvalue weighted by atomic mass is 32.1. The number of benzene rings is 1. The highest BCUT2D eigenvalue weighted by Crippen LogP contribution is 2.41. The Morgan fingerprint density at radius 1 is 1.15 bits per heavy atom. The number of aromatic carboxylic acids is 1. The fourth-order valence-corrected chi connectivity index (χ4v) is 5.20. The van der Waals surface area contributed by atoms with Gasteiger partial charge >= 0.3 is 5.97 Å². The molecular formula is C22H22N2O2S. The van der Waals surface area contributed by atoms with Crippen LogP contribution in [0.1, 0.15) is 50.5 Å². The molecule has 0 amide bonds. The summed E-state index contributed by atoms with van der Waals surface area (Å²) in [5.41, 5.74) is 6.44. The van der Waals surface area contributed by atoms with E-state index in [1.807, 2.05) is 6.07 Å². The summed E-state index contributed by atoms with van der Waals surface area (Å²) in [5, 5.41) is 18.3. The highest BCUT2D eigenvalue weighted by molar-refractivity contribution is 7.14. The van der Waals surface area contributed by atoms with Crippen LogP contribution in [0.2, 0.25) is 0 Å². The van der Waals surface area contributed by atoms with Gasteiger partial charge in [-0.1, -0.05) is 29.8 Å². The van der Waals surface area contributed by atoms with Crippen LogP contribution in [0.25, 0.3) is 5.57 Å². The van der Waals surface area contributed by atoms with E-state index in [1.165, 1.54) is 38.5 Å². The number of fused-ring (bicyclic) bond motifs is 2. The number of hydrogen-bond donors (Lipinski definition) is 1. The van der Waals surface area contributed by atoms with Crippen LogP contribution in [0.5, 0.6) is 0 Å². The lowest BCUT2D eigenvalue weighted by atomic mass is 9.87. The maximum absolute atomic E-state index is 11.5. The van der Waals surface area contributed by atoms with Gasteiger partial charge in [0.15, 0.2) is 0 Å². The molecule has 0 radical (unpaired) electrons. The van der Waals surface area contributed by atoms with Crippen LogP contribution in [0.3, 0.4) is 0 Å². The second kappa shape index (κ2) is 7.67. The monoisotopic (exact) mass is 378 g/mol. The maximum atomic E-state index is 11.5. The molecular weight excluding hydrogens is 356 g/mol. The molecule has 1 aromatic carbocycles. The van der Waals surface area contributed by atoms with E-state index in [0.29, 0.717) is 11.3 Å². The van der Waals surface area contributed by atoms with Gasteiger partial charge < -0.3 is 10.0 Å². The van der Waals surface area contributed by atoms with Crippen LogP contribution in [-0.2, 0) is 12.8 Å². The minimum Gasteiger partial charge on any atom is -0.477 e. The van der Waals surface area contributed by atoms with Gasteiger partial charge in [0.05, 0.1) is 6.07 Å². The second-order valence-corrected chi connectivity index (χ2v) is 8.27. The molecule has 1 saturated heterocycles. The van der Waals surface area contributed by atoms with Crippen molar-refractivity contribution in [3.63, 3.8) is 0 Å². The minimum absolute atomic E-state index is 0.434. The van der Waals surface area contributed by atoms with Crippen molar-refractivity contribution >= 4 is 22.9 Å². The molecule has 5 heteroatoms. The fourth-order valence-electron chi connectivity index (χ4n) is 4.19. The summed E-state index contributed by atoms with van der Waals surface area (Å²) in [5.74, 6) is -0.836. The van der Waals surface area contributed by atoms with Crippen LogP contribution < -0.4 is 0 Å². The van der Waals surface area contributed by atoms with E-state index in [4.69, 9.17) is 5.26 Å². The molecule has 4 nitrogen and oxygen atoms in total. The zero-order chi connectivity index (χ0) is 18.8. The molecule has 2 aromatic rings. The van der Waals surface area contributed by atoms with Crippen LogP contribution in [0, 0.1) is 11.3 Å². The standard InChI is InChI=1S/C22H22N2O2S/c23-10-3-11-24-12-8-16(9-13-24)21-17-5-2-1-4-15(17)6-7-19-18(21)14-20(27-19)22(25)26/h1-2,4-5,14H,3,6-9,11-13H2,(H,25,26). The number of hydrogen-bond acceptors (Lipinski definition) is 4. The lowest BCUT2D eigenvalue weighted by Crippen LogP contribution is -2.31. The first-order valence-electron chi connectivity index (χ1n) is 9.43. The van der Waals surface area contributed by atoms with E-state index in [1.54, 1.807) is 0 Å². The number of carboxylic acid groups (broad SMARTS) is 1. The summed E-state index contributed by atoms with van der Waals surface area (Å²) < 4.78 is 0. The molecule has 4 rings (SSSR count). The van der Waals surface area contributed by atoms with E-state index < -0.39 is 5.97 Å². The Hall–Kier alpha value is -2.42. The summed E-state index contributed by atoms with van der Waals surface area (Å²) in [4.78, 5) is 15.5. The molecule has 1 aliphatic heterocycles. The van der Waals surface area contributed by atoms with Gasteiger partial charge in [0.1, 0.15) is 4.88 Å². The predicted molar refractivity (Wildman–Crippen MR) is 107 cm³/mol. The summed E-state index contributed by atoms with van der Waals surface area (Å²) in [6.07, 6.45) is 4.38. The average molecular weight is 378 g/mol. The lowest BCUT2D eigenvalue weighted by molar-refractivity contribution is 0.0702. The SMILES string of the molecule is N#CCCN1CCC(=C2c3ccccc3CCc3sc(C(=O)O)cc32)CC1. The molecule has 1 aromatic heterocycles. The number of nitrogens with zero attached hydrogens (tertiary/aromatic N) is 2. The molecule has 27 heavy (non-hydrogen) atoms. The van der Waals surface area contributed by atoms with Crippen molar-refractivity contribution < 1.29 is 9.90 Å². The number of aryl methyl sites for hydroxylation is 2. The molecule has 1 aliphatic carbocycles. The van der Waals surface area contributed by atoms with Gasteiger partial charge in [0.2, 0.25) is 0 Å². The van der Waals surface area contributed by atoms with Gasteiger partial charge in [-0.15, -0.1) is 11.3 Å². The van der Waals surface area contributed by atoms with Gasteiger partial charge in [-0.2, -0.15) is 5.26 Å². The Morgan fingerprint density at radius 2 is 1.93 bits per heavy atom. The quantitative estimate of drug-likeness (QED) is 0.862. The van der Waals surface area contributed by atoms with E-state index in [9.17, 15) is 9.90 Å². The third-order valence-electron chi connectivity index (χ3n) is 5.55. The molecule has 1 fully saturated rings. The lowest BCUT2D eigenvalue weighted by Gasteiger charge is -2.29. The van der Waals surface area contributed by atoms with Crippen LogP contribution in [0.15, 0.2) is 35.9 Å². The molecule has 0 spiro atoms. The van der Waals surface area contributed by atoms with E-state index >= 15 is 0 Å². The first kappa shape index (κ1) is 18.0. The van der Waals surface area contributed by atoms with Crippen molar-refractivity contribution in [1.82, 2.24) is 4.90 Å². The van der Waals surface area contributed by atoms with Crippen LogP contribution >= 0.6 is 11.3 Å². The second-order valence-electron chi connectivity index (χ2n) is 7.14. The molecule has 0 atom stereocenters. The third kappa shape index (κ3) is 3.55. The predicted octanol–water partition coefficient (Wildman–Crippen LogP) is 4.36. The van der Waals surface area contributed by atoms with Gasteiger partial charge in [0, 0.05) is 30.9 Å². The number of likely N-dealkylation sites (tertiary alicyclic amines) is 1. The Bertz CT molecular complexity index is 941. The Balaban J connectivity index is 1.77. The van der Waals surface area contributed by atoms with E-state index in [0.717, 1.165) is 50.9 Å². The number of carbonyl (C=O) groups is 1. The Morgan fingerprint density at radius 3 is 2.67 bits per heavy atom. The smallest absolute Gasteiger partial charge is 0.345 e. The fraction of sp³-hybridized carbons (Fsp3) is 0.364. The van der Waals surface area contributed by atoms with Crippen molar-refractivity contribution in [2.24, 2.45) is 0 Å². The van der Waals surface area contributed by atoms with Gasteiger partial charge in [-0.25, -0.2) is 4.79 Å². The number of carboxylic acids is 1. The first-order valence-corrected chi connectivity index (χ1v) is 10.2. The summed E-state index contributed by atoms with van der Waals surface area (Å²) in [6, 6.07) is 12.7. The number of nitriles is 1. The summed E-state index contributed by atoms with van der Waals surface area (Å²) in [7, 11) is 0. The molecule has 2 aliphatic rings. The average Bonchev–Trinajstić information content (AvgIpc) is 3.04. The van der Waals surface area contributed by atoms with Gasteiger partial charge in [0.25, 0.3) is 0 Å². The summed E-state index contributed by atoms with van der Waals surface area (Å²) in [6.45, 7) is 2.77. The maximum Gasteiger partial charge on any atom is 0.345 e. The Labute approximate surface area is 163 Å². The Kier molecular flexibility index (Phi) is 5.11. The van der Waals surface area contributed by atoms with Crippen molar-refractivity contribution in [1.29, 1.82) is 5.26 Å². The highest BCUT2D eigenvalue weighted by Gasteiger charge is 2.26. The van der Waals surface area contributed by atoms with Gasteiger partial charge in [-0.3, -0.25) is 0 Å². The van der Waals surface area contributed by atoms with Gasteiger partial charge in [-0.05, 0) is 54.0 Å². The summed E-state index contributed by atoms with van der Waals surface area (Å²) >= 11 is 1.43. The third-order valence-corrected chi connectivity index (χ3v) is 6.73.